The highest BCUT2D eigenvalue weighted by atomic mass is 35.5. The van der Waals surface area contributed by atoms with Gasteiger partial charge >= 0.3 is 5.97 Å². The number of thiocarbonyl (C=S) groups is 1. The Balaban J connectivity index is 2.12. The monoisotopic (exact) mass is 637 g/mol. The minimum Gasteiger partial charge on any atom is -0.476 e. The van der Waals surface area contributed by atoms with Crippen LogP contribution in [0.2, 0.25) is 0 Å². The van der Waals surface area contributed by atoms with Crippen LogP contribution in [0.5, 0.6) is 5.75 Å². The van der Waals surface area contributed by atoms with Crippen LogP contribution in [0.15, 0.2) is 35.1 Å². The van der Waals surface area contributed by atoms with Crippen LogP contribution in [-0.2, 0) is 14.4 Å². The fourth-order valence-corrected chi connectivity index (χ4v) is 5.26. The first-order chi connectivity index (χ1) is 18.9. The van der Waals surface area contributed by atoms with E-state index in [4.69, 9.17) is 28.6 Å². The topological polar surface area (TPSA) is 104 Å². The number of aliphatic hydroxyl groups is 1. The second-order valence-electron chi connectivity index (χ2n) is 9.83. The molecule has 2 aromatic rings. The van der Waals surface area contributed by atoms with Crippen LogP contribution < -0.4 is 4.74 Å². The molecule has 0 bridgehead atoms. The molecule has 1 aliphatic heterocycles. The number of hydrogen-bond donors (Lipinski definition) is 2. The Labute approximate surface area is 244 Å². The van der Waals surface area contributed by atoms with Gasteiger partial charge in [0.15, 0.2) is 34.1 Å². The Morgan fingerprint density at radius 3 is 2.07 bits per heavy atom. The van der Waals surface area contributed by atoms with Crippen molar-refractivity contribution in [3.8, 4) is 5.75 Å². The van der Waals surface area contributed by atoms with Crippen molar-refractivity contribution in [2.75, 3.05) is 0 Å². The molecular formula is C26H21ClF5NO6S2. The van der Waals surface area contributed by atoms with E-state index in [0.717, 1.165) is 6.07 Å². The number of rotatable bonds is 8. The number of amides is 1. The summed E-state index contributed by atoms with van der Waals surface area (Å²) in [6, 6.07) is 4.63. The van der Waals surface area contributed by atoms with Crippen molar-refractivity contribution in [2.45, 2.75) is 39.3 Å². The highest BCUT2D eigenvalue weighted by molar-refractivity contribution is 8.16. The van der Waals surface area contributed by atoms with E-state index in [1.807, 2.05) is 0 Å². The SMILES string of the molecule is C[C@@H](O)[C@H]1C(=O)N(C(C(=O)O)=C(Oc2cccc(C(=S)c3c(F)c(F)c(F)c(F)c3F)c2)SC(=O)C(C)(C)C)[C@H]1Cl. The predicted molar refractivity (Wildman–Crippen MR) is 142 cm³/mol. The predicted octanol–water partition coefficient (Wildman–Crippen LogP) is 5.49. The highest BCUT2D eigenvalue weighted by Gasteiger charge is 2.53. The summed E-state index contributed by atoms with van der Waals surface area (Å²) in [5.74, 6) is -15.1. The van der Waals surface area contributed by atoms with Crippen LogP contribution >= 0.6 is 35.6 Å². The van der Waals surface area contributed by atoms with Crippen LogP contribution in [0.1, 0.15) is 38.8 Å². The smallest absolute Gasteiger partial charge is 0.357 e. The highest BCUT2D eigenvalue weighted by Crippen LogP contribution is 2.41. The molecule has 41 heavy (non-hydrogen) atoms. The van der Waals surface area contributed by atoms with Gasteiger partial charge in [-0.05, 0) is 36.4 Å². The minimum atomic E-state index is -2.36. The molecule has 220 valence electrons. The molecule has 3 atom stereocenters. The summed E-state index contributed by atoms with van der Waals surface area (Å²) in [7, 11) is 0. The van der Waals surface area contributed by atoms with E-state index in [2.05, 4.69) is 0 Å². The molecule has 0 saturated carbocycles. The summed E-state index contributed by atoms with van der Waals surface area (Å²) >= 11 is 11.5. The molecular weight excluding hydrogens is 617 g/mol. The first kappa shape index (κ1) is 32.4. The number of likely N-dealkylation sites (tertiary alicyclic amines) is 1. The normalized spacial score (nSPS) is 18.4. The molecule has 3 rings (SSSR count). The number of halogens is 6. The molecule has 0 aliphatic carbocycles. The summed E-state index contributed by atoms with van der Waals surface area (Å²) in [5.41, 5.74) is -4.80. The number of benzene rings is 2. The van der Waals surface area contributed by atoms with Gasteiger partial charge in [0, 0.05) is 5.41 Å². The Kier molecular flexibility index (Phi) is 9.53. The number of nitrogens with zero attached hydrogens (tertiary/aromatic N) is 1. The molecule has 0 unspecified atom stereocenters. The van der Waals surface area contributed by atoms with Crippen molar-refractivity contribution >= 4 is 57.4 Å². The third kappa shape index (κ3) is 6.25. The summed E-state index contributed by atoms with van der Waals surface area (Å²) in [6.07, 6.45) is -1.22. The average Bonchev–Trinajstić information content (AvgIpc) is 2.88. The maximum absolute atomic E-state index is 14.4. The number of ether oxygens (including phenoxy) is 1. The van der Waals surface area contributed by atoms with Gasteiger partial charge in [0.25, 0.3) is 0 Å². The van der Waals surface area contributed by atoms with Gasteiger partial charge in [-0.3, -0.25) is 14.5 Å². The van der Waals surface area contributed by atoms with Gasteiger partial charge in [-0.15, -0.1) is 0 Å². The average molecular weight is 638 g/mol. The fraction of sp³-hybridized carbons (Fsp3) is 0.308. The minimum absolute atomic E-state index is 0.256. The molecule has 2 aromatic carbocycles. The number of hydrogen-bond acceptors (Lipinski definition) is 7. The number of carboxylic acid groups (broad SMARTS) is 1. The zero-order valence-corrected chi connectivity index (χ0v) is 24.0. The lowest BCUT2D eigenvalue weighted by Gasteiger charge is -2.44. The number of aliphatic hydroxyl groups excluding tert-OH is 1. The quantitative estimate of drug-likeness (QED) is 0.0374. The zero-order valence-electron chi connectivity index (χ0n) is 21.6. The zero-order chi connectivity index (χ0) is 31.1. The molecule has 1 fully saturated rings. The summed E-state index contributed by atoms with van der Waals surface area (Å²) in [6.45, 7) is 5.89. The Hall–Kier alpha value is -3.07. The van der Waals surface area contributed by atoms with E-state index < -0.39 is 90.2 Å². The van der Waals surface area contributed by atoms with E-state index in [1.54, 1.807) is 0 Å². The molecule has 1 amide bonds. The number of carboxylic acids is 1. The number of carbonyl (C=O) groups excluding carboxylic acids is 2. The second kappa shape index (κ2) is 12.0. The van der Waals surface area contributed by atoms with E-state index >= 15 is 0 Å². The first-order valence-corrected chi connectivity index (χ1v) is 13.2. The Bertz CT molecular complexity index is 1460. The molecule has 1 saturated heterocycles. The molecule has 1 aliphatic rings. The fourth-order valence-electron chi connectivity index (χ4n) is 3.55. The van der Waals surface area contributed by atoms with Gasteiger partial charge in [0.2, 0.25) is 16.8 Å². The molecule has 0 spiro atoms. The van der Waals surface area contributed by atoms with Gasteiger partial charge in [-0.25, -0.2) is 26.7 Å². The van der Waals surface area contributed by atoms with E-state index in [1.165, 1.54) is 45.9 Å². The third-order valence-corrected chi connectivity index (χ3v) is 7.93. The lowest BCUT2D eigenvalue weighted by Crippen LogP contribution is -2.62. The van der Waals surface area contributed by atoms with Crippen molar-refractivity contribution in [1.82, 2.24) is 4.90 Å². The van der Waals surface area contributed by atoms with E-state index in [-0.39, 0.29) is 11.3 Å². The first-order valence-electron chi connectivity index (χ1n) is 11.6. The second-order valence-corrected chi connectivity index (χ2v) is 11.6. The van der Waals surface area contributed by atoms with Crippen LogP contribution in [0.3, 0.4) is 0 Å². The van der Waals surface area contributed by atoms with Gasteiger partial charge in [-0.1, -0.05) is 56.7 Å². The van der Waals surface area contributed by atoms with Crippen molar-refractivity contribution < 1.29 is 51.3 Å². The summed E-state index contributed by atoms with van der Waals surface area (Å²) < 4.78 is 75.5. The largest absolute Gasteiger partial charge is 0.476 e. The van der Waals surface area contributed by atoms with Crippen molar-refractivity contribution in [2.24, 2.45) is 11.3 Å². The molecule has 15 heteroatoms. The summed E-state index contributed by atoms with van der Waals surface area (Å²) in [4.78, 5) is 37.7. The van der Waals surface area contributed by atoms with Crippen molar-refractivity contribution in [3.05, 3.63) is 75.3 Å². The molecule has 2 N–H and O–H groups in total. The van der Waals surface area contributed by atoms with Crippen LogP contribution in [-0.4, -0.2) is 48.6 Å². The number of carbonyl (C=O) groups is 3. The maximum Gasteiger partial charge on any atom is 0.357 e. The van der Waals surface area contributed by atoms with Crippen LogP contribution in [0.25, 0.3) is 0 Å². The van der Waals surface area contributed by atoms with Crippen molar-refractivity contribution in [1.29, 1.82) is 0 Å². The standard InChI is InChI=1S/C26H21ClF5NO6S2/c1-9(34)12-21(27)33(22(12)35)19(23(36)37)24(41-25(38)26(2,3)4)39-11-7-5-6-10(8-11)20(40)13-14(28)16(30)18(32)17(31)15(13)29/h5-9,12,21,34H,1-4H3,(H,36,37)/t9-,12-,21-/m1/s1. The molecule has 0 radical (unpaired) electrons. The summed E-state index contributed by atoms with van der Waals surface area (Å²) in [5, 5.41) is 18.6. The van der Waals surface area contributed by atoms with E-state index in [0.29, 0.717) is 16.7 Å². The number of thioether (sulfide) groups is 1. The molecule has 1 heterocycles. The van der Waals surface area contributed by atoms with Crippen molar-refractivity contribution in [3.63, 3.8) is 0 Å². The maximum atomic E-state index is 14.4. The number of β-lactam (4-membered cyclic amide) rings is 1. The number of alkyl halides is 1. The van der Waals surface area contributed by atoms with Gasteiger partial charge in [0.05, 0.1) is 22.4 Å². The Morgan fingerprint density at radius 1 is 1.07 bits per heavy atom. The molecule has 0 aromatic heterocycles. The third-order valence-electron chi connectivity index (χ3n) is 5.76. The van der Waals surface area contributed by atoms with Gasteiger partial charge in [-0.2, -0.15) is 0 Å². The number of aliphatic carboxylic acids is 1. The molecule has 7 nitrogen and oxygen atoms in total. The van der Waals surface area contributed by atoms with Crippen LogP contribution in [0, 0.1) is 40.4 Å². The van der Waals surface area contributed by atoms with Gasteiger partial charge in [0.1, 0.15) is 11.3 Å². The van der Waals surface area contributed by atoms with Gasteiger partial charge < -0.3 is 14.9 Å². The van der Waals surface area contributed by atoms with Crippen LogP contribution in [0.4, 0.5) is 22.0 Å². The Morgan fingerprint density at radius 2 is 1.61 bits per heavy atom. The lowest BCUT2D eigenvalue weighted by atomic mass is 9.92. The lowest BCUT2D eigenvalue weighted by molar-refractivity contribution is -0.158. The van der Waals surface area contributed by atoms with E-state index in [9.17, 15) is 46.5 Å².